The second-order valence-electron chi connectivity index (χ2n) is 10.6. The number of anilines is 1. The van der Waals surface area contributed by atoms with Crippen LogP contribution in [0.4, 0.5) is 10.1 Å². The van der Waals surface area contributed by atoms with Crippen LogP contribution >= 0.6 is 0 Å². The van der Waals surface area contributed by atoms with E-state index in [0.717, 1.165) is 44.5 Å². The van der Waals surface area contributed by atoms with E-state index in [1.54, 1.807) is 11.7 Å². The number of fused-ring (bicyclic) bond motifs is 2. The van der Waals surface area contributed by atoms with Gasteiger partial charge in [-0.3, -0.25) is 9.69 Å². The molecule has 3 aliphatic rings. The summed E-state index contributed by atoms with van der Waals surface area (Å²) in [6, 6.07) is 9.67. The van der Waals surface area contributed by atoms with Gasteiger partial charge in [0.25, 0.3) is 0 Å². The lowest BCUT2D eigenvalue weighted by Gasteiger charge is -2.36. The SMILES string of the molecule is COc1ccc(CN2CCC[C@@H]3CN(c4c(F)cc5c(=O)c(C(=O)O)cn(C6CC6)c5c4OC)C[C@@H]32)cc1. The molecule has 2 atom stereocenters. The lowest BCUT2D eigenvalue weighted by Crippen LogP contribution is -2.44. The first-order valence-electron chi connectivity index (χ1n) is 13.2. The first kappa shape index (κ1) is 24.7. The van der Waals surface area contributed by atoms with Crippen LogP contribution in [0.3, 0.4) is 0 Å². The second kappa shape index (κ2) is 9.62. The molecule has 6 rings (SSSR count). The molecule has 200 valence electrons. The van der Waals surface area contributed by atoms with Crippen LogP contribution in [0, 0.1) is 11.7 Å². The molecule has 38 heavy (non-hydrogen) atoms. The van der Waals surface area contributed by atoms with E-state index >= 15 is 4.39 Å². The number of halogens is 1. The molecule has 1 N–H and O–H groups in total. The Kier molecular flexibility index (Phi) is 6.26. The predicted octanol–water partition coefficient (Wildman–Crippen LogP) is 4.29. The minimum Gasteiger partial charge on any atom is -0.497 e. The topological polar surface area (TPSA) is 84.2 Å². The summed E-state index contributed by atoms with van der Waals surface area (Å²) in [7, 11) is 3.15. The number of hydrogen-bond donors (Lipinski definition) is 1. The number of aromatic carboxylic acids is 1. The standard InChI is InChI=1S/C29H32FN3O5/c1-37-20-9-5-17(6-10-20)13-31-11-3-4-18-14-32(16-24(18)31)26-23(30)12-21-25(28(26)38-2)33(19-7-8-19)15-22(27(21)34)29(35)36/h5-6,9-10,12,15,18-19,24H,3-4,7-8,11,13-14,16H2,1-2H3,(H,35,36)/t18-,24+/m1/s1. The maximum Gasteiger partial charge on any atom is 0.341 e. The lowest BCUT2D eigenvalue weighted by atomic mass is 9.91. The van der Waals surface area contributed by atoms with Gasteiger partial charge in [-0.15, -0.1) is 0 Å². The highest BCUT2D eigenvalue weighted by molar-refractivity contribution is 5.97. The van der Waals surface area contributed by atoms with Gasteiger partial charge in [0.05, 0.1) is 25.1 Å². The number of nitrogens with zero attached hydrogens (tertiary/aromatic N) is 3. The second-order valence-corrected chi connectivity index (χ2v) is 10.6. The molecular formula is C29H32FN3O5. The molecule has 0 amide bonds. The van der Waals surface area contributed by atoms with Crippen LogP contribution in [-0.4, -0.2) is 60.4 Å². The number of methoxy groups -OCH3 is 2. The van der Waals surface area contributed by atoms with Crippen LogP contribution < -0.4 is 19.8 Å². The highest BCUT2D eigenvalue weighted by atomic mass is 19.1. The molecule has 0 unspecified atom stereocenters. The number of carboxylic acid groups (broad SMARTS) is 1. The minimum atomic E-state index is -1.31. The smallest absolute Gasteiger partial charge is 0.341 e. The molecule has 3 heterocycles. The average molecular weight is 522 g/mol. The summed E-state index contributed by atoms with van der Waals surface area (Å²) in [5.41, 5.74) is 1.01. The van der Waals surface area contributed by atoms with Crippen molar-refractivity contribution >= 4 is 22.6 Å². The molecule has 2 saturated heterocycles. The Morgan fingerprint density at radius 2 is 1.87 bits per heavy atom. The normalized spacial score (nSPS) is 21.5. The van der Waals surface area contributed by atoms with Gasteiger partial charge in [-0.25, -0.2) is 9.18 Å². The number of benzene rings is 2. The first-order valence-corrected chi connectivity index (χ1v) is 13.2. The molecule has 0 spiro atoms. The average Bonchev–Trinajstić information content (AvgIpc) is 3.67. The van der Waals surface area contributed by atoms with Crippen LogP contribution in [0.15, 0.2) is 41.3 Å². The van der Waals surface area contributed by atoms with Gasteiger partial charge in [-0.05, 0) is 61.9 Å². The van der Waals surface area contributed by atoms with Gasteiger partial charge >= 0.3 is 5.97 Å². The number of likely N-dealkylation sites (tertiary alicyclic amines) is 1. The van der Waals surface area contributed by atoms with Crippen molar-refractivity contribution in [2.75, 3.05) is 38.8 Å². The summed E-state index contributed by atoms with van der Waals surface area (Å²) in [5, 5.41) is 9.64. The summed E-state index contributed by atoms with van der Waals surface area (Å²) in [6.07, 6.45) is 5.31. The number of carboxylic acids is 1. The van der Waals surface area contributed by atoms with E-state index in [4.69, 9.17) is 9.47 Å². The van der Waals surface area contributed by atoms with Gasteiger partial charge in [-0.1, -0.05) is 12.1 Å². The van der Waals surface area contributed by atoms with E-state index in [9.17, 15) is 14.7 Å². The van der Waals surface area contributed by atoms with Crippen molar-refractivity contribution < 1.29 is 23.8 Å². The number of rotatable bonds is 7. The van der Waals surface area contributed by atoms with Crippen LogP contribution in [0.2, 0.25) is 0 Å². The number of ether oxygens (including phenoxy) is 2. The summed E-state index contributed by atoms with van der Waals surface area (Å²) in [5.74, 6) is -0.341. The van der Waals surface area contributed by atoms with Gasteiger partial charge in [0.1, 0.15) is 17.0 Å². The Morgan fingerprint density at radius 3 is 2.53 bits per heavy atom. The quantitative estimate of drug-likeness (QED) is 0.497. The fourth-order valence-electron chi connectivity index (χ4n) is 6.34. The Hall–Kier alpha value is -3.59. The third-order valence-corrected chi connectivity index (χ3v) is 8.33. The third-order valence-electron chi connectivity index (χ3n) is 8.33. The zero-order chi connectivity index (χ0) is 26.6. The molecule has 2 aliphatic heterocycles. The van der Waals surface area contributed by atoms with Gasteiger partial charge in [0.2, 0.25) is 5.43 Å². The van der Waals surface area contributed by atoms with Crippen molar-refractivity contribution in [3.05, 3.63) is 63.7 Å². The predicted molar refractivity (Wildman–Crippen MR) is 142 cm³/mol. The molecule has 0 bridgehead atoms. The fraction of sp³-hybridized carbons (Fsp3) is 0.448. The van der Waals surface area contributed by atoms with E-state index in [1.165, 1.54) is 24.9 Å². The molecule has 8 nitrogen and oxygen atoms in total. The number of carbonyl (C=O) groups is 1. The van der Waals surface area contributed by atoms with Gasteiger partial charge in [-0.2, -0.15) is 0 Å². The van der Waals surface area contributed by atoms with Crippen molar-refractivity contribution in [2.45, 2.75) is 44.3 Å². The van der Waals surface area contributed by atoms with E-state index in [2.05, 4.69) is 21.9 Å². The summed E-state index contributed by atoms with van der Waals surface area (Å²) < 4.78 is 28.7. The van der Waals surface area contributed by atoms with E-state index in [-0.39, 0.29) is 23.0 Å². The lowest BCUT2D eigenvalue weighted by molar-refractivity contribution is 0.0694. The Labute approximate surface area is 220 Å². The number of hydrogen-bond acceptors (Lipinski definition) is 6. The Balaban J connectivity index is 1.37. The molecular weight excluding hydrogens is 489 g/mol. The van der Waals surface area contributed by atoms with Gasteiger partial charge < -0.3 is 24.0 Å². The number of piperidine rings is 1. The summed E-state index contributed by atoms with van der Waals surface area (Å²) >= 11 is 0. The first-order chi connectivity index (χ1) is 18.4. The minimum absolute atomic E-state index is 0.0487. The monoisotopic (exact) mass is 521 g/mol. The number of aromatic nitrogens is 1. The van der Waals surface area contributed by atoms with Crippen molar-refractivity contribution in [2.24, 2.45) is 5.92 Å². The third kappa shape index (κ3) is 4.18. The highest BCUT2D eigenvalue weighted by Crippen LogP contribution is 2.45. The molecule has 3 aromatic rings. The van der Waals surface area contributed by atoms with Crippen LogP contribution in [0.1, 0.15) is 47.6 Å². The molecule has 1 aliphatic carbocycles. The van der Waals surface area contributed by atoms with Crippen molar-refractivity contribution in [1.29, 1.82) is 0 Å². The molecule has 0 radical (unpaired) electrons. The van der Waals surface area contributed by atoms with Crippen molar-refractivity contribution in [1.82, 2.24) is 9.47 Å². The highest BCUT2D eigenvalue weighted by Gasteiger charge is 2.41. The molecule has 9 heteroatoms. The van der Waals surface area contributed by atoms with Crippen LogP contribution in [0.5, 0.6) is 11.5 Å². The van der Waals surface area contributed by atoms with Crippen LogP contribution in [0.25, 0.3) is 10.9 Å². The zero-order valence-corrected chi connectivity index (χ0v) is 21.7. The van der Waals surface area contributed by atoms with E-state index < -0.39 is 17.2 Å². The molecule has 1 saturated carbocycles. The summed E-state index contributed by atoms with van der Waals surface area (Å²) in [6.45, 7) is 3.15. The van der Waals surface area contributed by atoms with E-state index in [0.29, 0.717) is 36.0 Å². The Bertz CT molecular complexity index is 1450. The van der Waals surface area contributed by atoms with E-state index in [1.807, 2.05) is 12.1 Å². The maximum atomic E-state index is 15.8. The molecule has 1 aromatic heterocycles. The largest absolute Gasteiger partial charge is 0.497 e. The number of pyridine rings is 1. The van der Waals surface area contributed by atoms with Crippen molar-refractivity contribution in [3.63, 3.8) is 0 Å². The Morgan fingerprint density at radius 1 is 1.11 bits per heavy atom. The maximum absolute atomic E-state index is 15.8. The van der Waals surface area contributed by atoms with Gasteiger partial charge in [0, 0.05) is 37.9 Å². The molecule has 2 aromatic carbocycles. The molecule has 3 fully saturated rings. The fourth-order valence-corrected chi connectivity index (χ4v) is 6.34. The van der Waals surface area contributed by atoms with Crippen LogP contribution in [-0.2, 0) is 6.54 Å². The summed E-state index contributed by atoms with van der Waals surface area (Å²) in [4.78, 5) is 29.3. The zero-order valence-electron chi connectivity index (χ0n) is 21.7. The van der Waals surface area contributed by atoms with Gasteiger partial charge in [0.15, 0.2) is 11.6 Å². The van der Waals surface area contributed by atoms with Crippen molar-refractivity contribution in [3.8, 4) is 11.5 Å².